The summed E-state index contributed by atoms with van der Waals surface area (Å²) in [6.07, 6.45) is 3.65. The minimum Gasteiger partial charge on any atom is -0.469 e. The number of esters is 1. The zero-order chi connectivity index (χ0) is 13.8. The summed E-state index contributed by atoms with van der Waals surface area (Å²) in [4.78, 5) is 24.6. The Labute approximate surface area is 107 Å². The number of piperidine rings is 1. The van der Waals surface area contributed by atoms with Crippen molar-refractivity contribution in [3.05, 3.63) is 0 Å². The van der Waals surface area contributed by atoms with Gasteiger partial charge in [-0.1, -0.05) is 0 Å². The van der Waals surface area contributed by atoms with Gasteiger partial charge < -0.3 is 9.64 Å². The van der Waals surface area contributed by atoms with Gasteiger partial charge in [0, 0.05) is 18.8 Å². The highest BCUT2D eigenvalue weighted by Crippen LogP contribution is 2.20. The van der Waals surface area contributed by atoms with E-state index in [1.807, 2.05) is 0 Å². The van der Waals surface area contributed by atoms with Crippen molar-refractivity contribution in [2.45, 2.75) is 31.7 Å². The average Bonchev–Trinajstić information content (AvgIpc) is 2.27. The van der Waals surface area contributed by atoms with Gasteiger partial charge in [-0.15, -0.1) is 0 Å². The Morgan fingerprint density at radius 1 is 1.33 bits per heavy atom. The maximum absolute atomic E-state index is 11.9. The van der Waals surface area contributed by atoms with Crippen LogP contribution in [0.25, 0.3) is 0 Å². The Hall–Kier alpha value is -1.11. The average molecular weight is 277 g/mol. The molecule has 0 radical (unpaired) electrons. The molecule has 0 saturated carbocycles. The molecule has 1 rings (SSSR count). The molecular formula is C11H19NO5S. The van der Waals surface area contributed by atoms with Gasteiger partial charge in [0.25, 0.3) is 0 Å². The number of hydrogen-bond acceptors (Lipinski definition) is 5. The van der Waals surface area contributed by atoms with Crippen LogP contribution < -0.4 is 0 Å². The molecule has 6 nitrogen and oxygen atoms in total. The Morgan fingerprint density at radius 2 is 2.00 bits per heavy atom. The lowest BCUT2D eigenvalue weighted by molar-refractivity contribution is -0.144. The minimum absolute atomic E-state index is 0.131. The smallest absolute Gasteiger partial charge is 0.307 e. The highest BCUT2D eigenvalue weighted by molar-refractivity contribution is 7.91. The molecule has 1 amide bonds. The largest absolute Gasteiger partial charge is 0.469 e. The van der Waals surface area contributed by atoms with E-state index in [-0.39, 0.29) is 18.4 Å². The summed E-state index contributed by atoms with van der Waals surface area (Å²) < 4.78 is 26.8. The minimum atomic E-state index is -3.34. The predicted molar refractivity (Wildman–Crippen MR) is 65.7 cm³/mol. The molecule has 7 heteroatoms. The van der Waals surface area contributed by atoms with Crippen LogP contribution in [0, 0.1) is 0 Å². The van der Waals surface area contributed by atoms with Crippen LogP contribution in [0.2, 0.25) is 0 Å². The van der Waals surface area contributed by atoms with E-state index in [0.717, 1.165) is 19.1 Å². The van der Waals surface area contributed by atoms with Crippen LogP contribution in [-0.2, 0) is 24.2 Å². The van der Waals surface area contributed by atoms with Crippen LogP contribution in [0.15, 0.2) is 0 Å². The molecule has 0 aromatic rings. The van der Waals surface area contributed by atoms with Gasteiger partial charge in [-0.25, -0.2) is 8.42 Å². The lowest BCUT2D eigenvalue weighted by Gasteiger charge is -2.35. The van der Waals surface area contributed by atoms with Crippen LogP contribution in [-0.4, -0.2) is 56.9 Å². The summed E-state index contributed by atoms with van der Waals surface area (Å²) in [7, 11) is -2.04. The summed E-state index contributed by atoms with van der Waals surface area (Å²) in [5.74, 6) is -1.30. The fourth-order valence-electron chi connectivity index (χ4n) is 2.12. The van der Waals surface area contributed by atoms with Crippen molar-refractivity contribution >= 4 is 21.7 Å². The Kier molecular flexibility index (Phi) is 5.13. The molecule has 1 fully saturated rings. The number of hydrogen-bond donors (Lipinski definition) is 0. The third-order valence-electron chi connectivity index (χ3n) is 2.96. The van der Waals surface area contributed by atoms with E-state index in [2.05, 4.69) is 4.74 Å². The summed E-state index contributed by atoms with van der Waals surface area (Å²) in [6, 6.07) is -0.236. The van der Waals surface area contributed by atoms with E-state index >= 15 is 0 Å². The molecule has 1 aliphatic rings. The van der Waals surface area contributed by atoms with Crippen molar-refractivity contribution in [1.82, 2.24) is 4.90 Å². The van der Waals surface area contributed by atoms with Gasteiger partial charge in [0.15, 0.2) is 9.84 Å². The zero-order valence-corrected chi connectivity index (χ0v) is 11.5. The van der Waals surface area contributed by atoms with Gasteiger partial charge in [-0.3, -0.25) is 9.59 Å². The van der Waals surface area contributed by atoms with Crippen LogP contribution >= 0.6 is 0 Å². The van der Waals surface area contributed by atoms with Gasteiger partial charge in [0.05, 0.1) is 13.5 Å². The van der Waals surface area contributed by atoms with Gasteiger partial charge in [0.2, 0.25) is 5.91 Å². The number of methoxy groups -OCH3 is 1. The van der Waals surface area contributed by atoms with Crippen molar-refractivity contribution in [2.75, 3.05) is 25.7 Å². The SMILES string of the molecule is COC(=O)CC1CCCCN1C(=O)CS(C)(=O)=O. The normalized spacial score (nSPS) is 20.6. The van der Waals surface area contributed by atoms with Crippen LogP contribution in [0.1, 0.15) is 25.7 Å². The number of carbonyl (C=O) groups is 2. The first-order valence-electron chi connectivity index (χ1n) is 5.87. The van der Waals surface area contributed by atoms with Gasteiger partial charge in [-0.2, -0.15) is 0 Å². The van der Waals surface area contributed by atoms with Crippen LogP contribution in [0.5, 0.6) is 0 Å². The molecule has 18 heavy (non-hydrogen) atoms. The molecule has 0 aromatic heterocycles. The van der Waals surface area contributed by atoms with Crippen LogP contribution in [0.3, 0.4) is 0 Å². The third kappa shape index (κ3) is 4.64. The first-order chi connectivity index (χ1) is 8.33. The Bertz CT molecular complexity index is 417. The number of likely N-dealkylation sites (tertiary alicyclic amines) is 1. The van der Waals surface area contributed by atoms with E-state index in [4.69, 9.17) is 0 Å². The fourth-order valence-corrected chi connectivity index (χ4v) is 2.74. The quantitative estimate of drug-likeness (QED) is 0.674. The van der Waals surface area contributed by atoms with Crippen LogP contribution in [0.4, 0.5) is 0 Å². The Balaban J connectivity index is 2.70. The third-order valence-corrected chi connectivity index (χ3v) is 3.73. The van der Waals surface area contributed by atoms with Gasteiger partial charge >= 0.3 is 5.97 Å². The molecule has 1 saturated heterocycles. The molecule has 0 aliphatic carbocycles. The van der Waals surface area contributed by atoms with Gasteiger partial charge in [0.1, 0.15) is 5.75 Å². The number of sulfone groups is 1. The predicted octanol–water partition coefficient (Wildman–Crippen LogP) is -0.0248. The number of nitrogens with zero attached hydrogens (tertiary/aromatic N) is 1. The lowest BCUT2D eigenvalue weighted by Crippen LogP contribution is -2.47. The first kappa shape index (κ1) is 14.9. The summed E-state index contributed by atoms with van der Waals surface area (Å²) >= 11 is 0. The summed E-state index contributed by atoms with van der Waals surface area (Å²) in [5.41, 5.74) is 0. The molecule has 104 valence electrons. The van der Waals surface area contributed by atoms with Crippen molar-refractivity contribution in [1.29, 1.82) is 0 Å². The van der Waals surface area contributed by atoms with Crippen molar-refractivity contribution in [3.8, 4) is 0 Å². The molecule has 1 aliphatic heterocycles. The van der Waals surface area contributed by atoms with Crippen molar-refractivity contribution in [3.63, 3.8) is 0 Å². The first-order valence-corrected chi connectivity index (χ1v) is 7.93. The topological polar surface area (TPSA) is 80.8 Å². The monoisotopic (exact) mass is 277 g/mol. The molecule has 0 N–H and O–H groups in total. The molecular weight excluding hydrogens is 258 g/mol. The second kappa shape index (κ2) is 6.17. The maximum Gasteiger partial charge on any atom is 0.307 e. The van der Waals surface area contributed by atoms with E-state index < -0.39 is 21.5 Å². The number of ether oxygens (including phenoxy) is 1. The second-order valence-corrected chi connectivity index (χ2v) is 6.73. The molecule has 0 aromatic carbocycles. The standard InChI is InChI=1S/C11H19NO5S/c1-17-11(14)7-9-5-3-4-6-12(9)10(13)8-18(2,15)16/h9H,3-8H2,1-2H3. The number of carbonyl (C=O) groups excluding carboxylic acids is 2. The number of rotatable bonds is 4. The lowest BCUT2D eigenvalue weighted by atomic mass is 9.99. The van der Waals surface area contributed by atoms with E-state index in [1.54, 1.807) is 0 Å². The second-order valence-electron chi connectivity index (χ2n) is 4.59. The highest BCUT2D eigenvalue weighted by Gasteiger charge is 2.30. The Morgan fingerprint density at radius 3 is 2.56 bits per heavy atom. The molecule has 1 unspecified atom stereocenters. The number of amides is 1. The van der Waals surface area contributed by atoms with E-state index in [1.165, 1.54) is 12.0 Å². The maximum atomic E-state index is 11.9. The molecule has 1 atom stereocenters. The fraction of sp³-hybridized carbons (Fsp3) is 0.818. The summed E-state index contributed by atoms with van der Waals surface area (Å²) in [6.45, 7) is 0.510. The summed E-state index contributed by atoms with van der Waals surface area (Å²) in [5, 5.41) is 0. The molecule has 0 bridgehead atoms. The van der Waals surface area contributed by atoms with Gasteiger partial charge in [-0.05, 0) is 19.3 Å². The van der Waals surface area contributed by atoms with E-state index in [0.29, 0.717) is 13.0 Å². The molecule has 0 spiro atoms. The van der Waals surface area contributed by atoms with Crippen molar-refractivity contribution in [2.24, 2.45) is 0 Å². The van der Waals surface area contributed by atoms with Crippen molar-refractivity contribution < 1.29 is 22.7 Å². The van der Waals surface area contributed by atoms with E-state index in [9.17, 15) is 18.0 Å². The zero-order valence-electron chi connectivity index (χ0n) is 10.7. The molecule has 1 heterocycles. The highest BCUT2D eigenvalue weighted by atomic mass is 32.2.